The molecule has 18 heavy (non-hydrogen) atoms. The molecule has 2 rings (SSSR count). The number of aromatic nitrogens is 2. The molecule has 0 aliphatic carbocycles. The summed E-state index contributed by atoms with van der Waals surface area (Å²) in [6.45, 7) is 2.00. The Hall–Kier alpha value is -1.62. The number of rotatable bonds is 3. The van der Waals surface area contributed by atoms with Gasteiger partial charge < -0.3 is 10.7 Å². The van der Waals surface area contributed by atoms with Crippen LogP contribution in [0.5, 0.6) is 0 Å². The average Bonchev–Trinajstić information content (AvgIpc) is 2.34. The third-order valence-corrected chi connectivity index (χ3v) is 3.37. The number of hydrogen-bond donors (Lipinski definition) is 2. The predicted octanol–water partition coefficient (Wildman–Crippen LogP) is 2.73. The zero-order valence-corrected chi connectivity index (χ0v) is 11.6. The van der Waals surface area contributed by atoms with Crippen LogP contribution < -0.4 is 11.3 Å². The molecule has 4 nitrogen and oxygen atoms in total. The van der Waals surface area contributed by atoms with Gasteiger partial charge in [0.15, 0.2) is 0 Å². The fourth-order valence-corrected chi connectivity index (χ4v) is 2.26. The topological polar surface area (TPSA) is 71.8 Å². The van der Waals surface area contributed by atoms with Gasteiger partial charge in [-0.1, -0.05) is 47.5 Å². The second kappa shape index (κ2) is 5.35. The van der Waals surface area contributed by atoms with Crippen LogP contribution in [-0.2, 0) is 6.42 Å². The summed E-state index contributed by atoms with van der Waals surface area (Å²) in [6.07, 6.45) is 1.51. The van der Waals surface area contributed by atoms with Gasteiger partial charge in [-0.2, -0.15) is 0 Å². The van der Waals surface area contributed by atoms with Crippen LogP contribution in [0.2, 0.25) is 0 Å². The molecule has 1 aromatic carbocycles. The number of benzene rings is 1. The summed E-state index contributed by atoms with van der Waals surface area (Å²) in [5.41, 5.74) is 7.08. The smallest absolute Gasteiger partial charge is 0.256 e. The van der Waals surface area contributed by atoms with Crippen LogP contribution >= 0.6 is 15.9 Å². The highest BCUT2D eigenvalue weighted by atomic mass is 79.9. The van der Waals surface area contributed by atoms with E-state index in [1.165, 1.54) is 0 Å². The van der Waals surface area contributed by atoms with Crippen LogP contribution in [0, 0.1) is 0 Å². The number of nitrogens with one attached hydrogen (secondary N) is 1. The van der Waals surface area contributed by atoms with Gasteiger partial charge in [-0.3, -0.25) is 4.79 Å². The highest BCUT2D eigenvalue weighted by molar-refractivity contribution is 9.10. The highest BCUT2D eigenvalue weighted by Gasteiger charge is 2.10. The molecule has 0 radical (unpaired) electrons. The first-order valence-corrected chi connectivity index (χ1v) is 6.56. The first kappa shape index (κ1) is 12.8. The molecule has 0 unspecified atom stereocenters. The van der Waals surface area contributed by atoms with E-state index in [-0.39, 0.29) is 5.56 Å². The molecule has 1 heterocycles. The molecule has 2 aromatic rings. The predicted molar refractivity (Wildman–Crippen MR) is 76.4 cm³/mol. The minimum Gasteiger partial charge on any atom is -0.383 e. The lowest BCUT2D eigenvalue weighted by Gasteiger charge is -2.07. The zero-order chi connectivity index (χ0) is 13.1. The molecule has 94 valence electrons. The molecule has 0 saturated heterocycles. The van der Waals surface area contributed by atoms with E-state index in [0.29, 0.717) is 23.6 Å². The molecule has 0 spiro atoms. The maximum atomic E-state index is 11.9. The Morgan fingerprint density at radius 2 is 2.11 bits per heavy atom. The summed E-state index contributed by atoms with van der Waals surface area (Å²) in [7, 11) is 0. The van der Waals surface area contributed by atoms with Crippen molar-refractivity contribution in [1.29, 1.82) is 0 Å². The molecule has 0 aliphatic rings. The van der Waals surface area contributed by atoms with E-state index in [1.54, 1.807) is 0 Å². The number of aromatic amines is 1. The third-order valence-electron chi connectivity index (χ3n) is 2.68. The van der Waals surface area contributed by atoms with Crippen molar-refractivity contribution in [3.63, 3.8) is 0 Å². The Morgan fingerprint density at radius 3 is 2.72 bits per heavy atom. The van der Waals surface area contributed by atoms with E-state index >= 15 is 0 Å². The van der Waals surface area contributed by atoms with E-state index in [9.17, 15) is 4.79 Å². The number of anilines is 1. The monoisotopic (exact) mass is 307 g/mol. The molecule has 0 aliphatic heterocycles. The zero-order valence-electron chi connectivity index (χ0n) is 10.0. The van der Waals surface area contributed by atoms with Gasteiger partial charge in [-0.15, -0.1) is 0 Å². The van der Waals surface area contributed by atoms with Crippen molar-refractivity contribution in [2.24, 2.45) is 0 Å². The van der Waals surface area contributed by atoms with Crippen LogP contribution in [0.3, 0.4) is 0 Å². The largest absolute Gasteiger partial charge is 0.383 e. The normalized spacial score (nSPS) is 10.6. The number of nitrogen functional groups attached to an aromatic ring is 1. The molecule has 1 aromatic heterocycles. The fraction of sp³-hybridized carbons (Fsp3) is 0.231. The summed E-state index contributed by atoms with van der Waals surface area (Å²) in [6, 6.07) is 7.56. The highest BCUT2D eigenvalue weighted by Crippen LogP contribution is 2.25. The molecule has 5 heteroatoms. The van der Waals surface area contributed by atoms with Crippen molar-refractivity contribution in [3.05, 3.63) is 44.7 Å². The van der Waals surface area contributed by atoms with Crippen LogP contribution in [0.1, 0.15) is 18.9 Å². The minimum absolute atomic E-state index is 0.157. The SMILES string of the molecule is CCCc1c(N)nc(-c2ccccc2Br)[nH]c1=O. The molecule has 0 saturated carbocycles. The fourth-order valence-electron chi connectivity index (χ4n) is 1.79. The van der Waals surface area contributed by atoms with Crippen molar-refractivity contribution in [3.8, 4) is 11.4 Å². The van der Waals surface area contributed by atoms with Gasteiger partial charge in [-0.25, -0.2) is 4.98 Å². The second-order valence-electron chi connectivity index (χ2n) is 4.01. The lowest BCUT2D eigenvalue weighted by Crippen LogP contribution is -2.18. The Kier molecular flexibility index (Phi) is 3.81. The van der Waals surface area contributed by atoms with E-state index in [2.05, 4.69) is 25.9 Å². The van der Waals surface area contributed by atoms with E-state index < -0.39 is 0 Å². The van der Waals surface area contributed by atoms with Gasteiger partial charge in [0.05, 0.1) is 5.56 Å². The molecule has 0 bridgehead atoms. The third kappa shape index (κ3) is 2.46. The number of nitrogens with two attached hydrogens (primary N) is 1. The second-order valence-corrected chi connectivity index (χ2v) is 4.86. The van der Waals surface area contributed by atoms with Crippen LogP contribution in [-0.4, -0.2) is 9.97 Å². The lowest BCUT2D eigenvalue weighted by molar-refractivity contribution is 0.892. The first-order valence-electron chi connectivity index (χ1n) is 5.77. The number of halogens is 1. The molecular formula is C13H14BrN3O. The quantitative estimate of drug-likeness (QED) is 0.916. The van der Waals surface area contributed by atoms with E-state index in [4.69, 9.17) is 5.73 Å². The van der Waals surface area contributed by atoms with Gasteiger partial charge in [0.2, 0.25) is 0 Å². The summed E-state index contributed by atoms with van der Waals surface area (Å²) in [4.78, 5) is 19.0. The maximum Gasteiger partial charge on any atom is 0.256 e. The Balaban J connectivity index is 2.55. The van der Waals surface area contributed by atoms with Crippen LogP contribution in [0.4, 0.5) is 5.82 Å². The summed E-state index contributed by atoms with van der Waals surface area (Å²) in [5.74, 6) is 0.802. The first-order chi connectivity index (χ1) is 8.63. The lowest BCUT2D eigenvalue weighted by atomic mass is 10.1. The minimum atomic E-state index is -0.157. The van der Waals surface area contributed by atoms with Crippen molar-refractivity contribution < 1.29 is 0 Å². The van der Waals surface area contributed by atoms with Gasteiger partial charge >= 0.3 is 0 Å². The molecule has 0 fully saturated rings. The van der Waals surface area contributed by atoms with Crippen LogP contribution in [0.25, 0.3) is 11.4 Å². The molecule has 3 N–H and O–H groups in total. The number of hydrogen-bond acceptors (Lipinski definition) is 3. The Bertz CT molecular complexity index is 622. The van der Waals surface area contributed by atoms with Gasteiger partial charge in [0, 0.05) is 10.0 Å². The Morgan fingerprint density at radius 1 is 1.39 bits per heavy atom. The van der Waals surface area contributed by atoms with Gasteiger partial charge in [0.1, 0.15) is 11.6 Å². The van der Waals surface area contributed by atoms with Crippen molar-refractivity contribution >= 4 is 21.7 Å². The number of nitrogens with zero attached hydrogens (tertiary/aromatic N) is 1. The summed E-state index contributed by atoms with van der Waals surface area (Å²) >= 11 is 3.43. The van der Waals surface area contributed by atoms with Crippen molar-refractivity contribution in [1.82, 2.24) is 9.97 Å². The molecular weight excluding hydrogens is 294 g/mol. The van der Waals surface area contributed by atoms with Crippen molar-refractivity contribution in [2.75, 3.05) is 5.73 Å². The van der Waals surface area contributed by atoms with E-state index in [1.807, 2.05) is 31.2 Å². The molecule has 0 amide bonds. The summed E-state index contributed by atoms with van der Waals surface area (Å²) < 4.78 is 0.871. The van der Waals surface area contributed by atoms with Crippen LogP contribution in [0.15, 0.2) is 33.5 Å². The standard InChI is InChI=1S/C13H14BrN3O/c1-2-5-9-11(15)16-12(17-13(9)18)8-6-3-4-7-10(8)14/h3-4,6-7H,2,5H2,1H3,(H3,15,16,17,18). The summed E-state index contributed by atoms with van der Waals surface area (Å²) in [5, 5.41) is 0. The van der Waals surface area contributed by atoms with Gasteiger partial charge in [0.25, 0.3) is 5.56 Å². The van der Waals surface area contributed by atoms with Gasteiger partial charge in [-0.05, 0) is 12.5 Å². The van der Waals surface area contributed by atoms with Crippen molar-refractivity contribution in [2.45, 2.75) is 19.8 Å². The molecule has 0 atom stereocenters. The average molecular weight is 308 g/mol. The Labute approximate surface area is 113 Å². The van der Waals surface area contributed by atoms with E-state index in [0.717, 1.165) is 16.5 Å². The maximum absolute atomic E-state index is 11.9. The number of H-pyrrole nitrogens is 1.